The first-order valence-electron chi connectivity index (χ1n) is 20.7. The molecular weight excluding hydrogens is 733 g/mol. The summed E-state index contributed by atoms with van der Waals surface area (Å²) in [6.45, 7) is 10.9. The van der Waals surface area contributed by atoms with Crippen molar-refractivity contribution in [2.45, 2.75) is 96.4 Å². The van der Waals surface area contributed by atoms with Crippen LogP contribution < -0.4 is 10.6 Å². The van der Waals surface area contributed by atoms with Crippen LogP contribution in [0.2, 0.25) is 0 Å². The minimum Gasteiger partial charge on any atom is -0.453 e. The second-order valence-corrected chi connectivity index (χ2v) is 16.3. The summed E-state index contributed by atoms with van der Waals surface area (Å²) in [5, 5.41) is 6.35. The predicted octanol–water partition coefficient (Wildman–Crippen LogP) is 6.37. The number of carbonyl (C=O) groups is 3. The van der Waals surface area contributed by atoms with Crippen molar-refractivity contribution in [3.63, 3.8) is 0 Å². The Balaban J connectivity index is 0.961. The maximum atomic E-state index is 13.9. The van der Waals surface area contributed by atoms with Crippen LogP contribution in [0.25, 0.3) is 22.5 Å². The molecule has 3 saturated heterocycles. The molecule has 0 bridgehead atoms. The molecule has 0 unspecified atom stereocenters. The molecule has 5 heterocycles. The number of imidazole rings is 2. The summed E-state index contributed by atoms with van der Waals surface area (Å²) in [4.78, 5) is 59.5. The number of hydrogen-bond acceptors (Lipinski definition) is 8. The molecule has 2 aromatic heterocycles. The van der Waals surface area contributed by atoms with Crippen LogP contribution >= 0.6 is 0 Å². The Morgan fingerprint density at radius 3 is 1.64 bits per heavy atom. The number of hydrogen-bond donors (Lipinski definition) is 4. The fourth-order valence-electron chi connectivity index (χ4n) is 8.27. The van der Waals surface area contributed by atoms with Gasteiger partial charge in [0.2, 0.25) is 11.8 Å². The minimum absolute atomic E-state index is 0.0694. The van der Waals surface area contributed by atoms with E-state index in [4.69, 9.17) is 14.5 Å². The van der Waals surface area contributed by atoms with Crippen LogP contribution in [0.15, 0.2) is 60.9 Å². The topological polar surface area (TPSA) is 158 Å². The number of aromatic amines is 2. The zero-order chi connectivity index (χ0) is 40.8. The van der Waals surface area contributed by atoms with Crippen LogP contribution in [-0.4, -0.2) is 99.2 Å². The number of rotatable bonds is 11. The summed E-state index contributed by atoms with van der Waals surface area (Å²) < 4.78 is 10.3. The quantitative estimate of drug-likeness (QED) is 0.128. The van der Waals surface area contributed by atoms with E-state index in [1.807, 2.05) is 78.4 Å². The first kappa shape index (κ1) is 40.7. The molecular formula is C45H56N8O5. The lowest BCUT2D eigenvalue weighted by Gasteiger charge is -2.34. The lowest BCUT2D eigenvalue weighted by atomic mass is 9.99. The number of H-pyrrole nitrogens is 2. The number of likely N-dealkylation sites (tertiary alicyclic amines) is 2. The lowest BCUT2D eigenvalue weighted by molar-refractivity contribution is -0.136. The summed E-state index contributed by atoms with van der Waals surface area (Å²) in [5.41, 5.74) is 5.52. The zero-order valence-corrected chi connectivity index (χ0v) is 34.2. The van der Waals surface area contributed by atoms with Crippen LogP contribution in [0, 0.1) is 23.7 Å². The highest BCUT2D eigenvalue weighted by Crippen LogP contribution is 2.34. The normalized spacial score (nSPS) is 19.6. The van der Waals surface area contributed by atoms with Crippen molar-refractivity contribution in [1.82, 2.24) is 40.4 Å². The molecule has 0 aliphatic carbocycles. The van der Waals surface area contributed by atoms with Gasteiger partial charge in [0.15, 0.2) is 0 Å². The highest BCUT2D eigenvalue weighted by Gasteiger charge is 2.39. The van der Waals surface area contributed by atoms with Crippen LogP contribution in [0.4, 0.5) is 4.79 Å². The number of alkyl carbamates (subject to hydrolysis) is 1. The molecule has 3 aliphatic rings. The van der Waals surface area contributed by atoms with E-state index in [1.165, 1.54) is 7.11 Å². The Morgan fingerprint density at radius 1 is 0.724 bits per heavy atom. The molecule has 0 radical (unpaired) electrons. The van der Waals surface area contributed by atoms with Crippen molar-refractivity contribution >= 4 is 17.9 Å². The largest absolute Gasteiger partial charge is 0.453 e. The van der Waals surface area contributed by atoms with Crippen molar-refractivity contribution in [1.29, 1.82) is 0 Å². The molecule has 4 aromatic rings. The molecule has 3 fully saturated rings. The highest BCUT2D eigenvalue weighted by molar-refractivity contribution is 5.86. The molecule has 2 aromatic carbocycles. The number of benzene rings is 2. The van der Waals surface area contributed by atoms with Crippen molar-refractivity contribution in [2.75, 3.05) is 33.4 Å². The molecule has 13 heteroatoms. The van der Waals surface area contributed by atoms with Gasteiger partial charge in [-0.15, -0.1) is 0 Å². The van der Waals surface area contributed by atoms with Gasteiger partial charge in [-0.2, -0.15) is 0 Å². The van der Waals surface area contributed by atoms with Gasteiger partial charge in [0.1, 0.15) is 17.7 Å². The van der Waals surface area contributed by atoms with Crippen LogP contribution in [0.1, 0.15) is 101 Å². The molecule has 13 nitrogen and oxygen atoms in total. The number of ether oxygens (including phenoxy) is 2. The third-order valence-corrected chi connectivity index (χ3v) is 11.6. The van der Waals surface area contributed by atoms with Gasteiger partial charge in [0.05, 0.1) is 49.0 Å². The number of carbonyl (C=O) groups excluding carboxylic acids is 3. The maximum Gasteiger partial charge on any atom is 0.407 e. The van der Waals surface area contributed by atoms with Crippen LogP contribution in [0.5, 0.6) is 0 Å². The molecule has 3 aliphatic heterocycles. The third-order valence-electron chi connectivity index (χ3n) is 11.6. The van der Waals surface area contributed by atoms with E-state index in [2.05, 4.69) is 51.3 Å². The van der Waals surface area contributed by atoms with Crippen molar-refractivity contribution in [3.8, 4) is 34.4 Å². The molecule has 3 amide bonds. The van der Waals surface area contributed by atoms with Gasteiger partial charge in [-0.05, 0) is 85.8 Å². The van der Waals surface area contributed by atoms with Gasteiger partial charge in [-0.1, -0.05) is 63.8 Å². The summed E-state index contributed by atoms with van der Waals surface area (Å²) in [5.74, 6) is 8.21. The second-order valence-electron chi connectivity index (χ2n) is 16.3. The fraction of sp³-hybridized carbons (Fsp3) is 0.489. The Morgan fingerprint density at radius 2 is 1.19 bits per heavy atom. The minimum atomic E-state index is -0.681. The Labute approximate surface area is 341 Å². The average Bonchev–Trinajstić information content (AvgIpc) is 4.08. The standard InChI is InChI=1S/C45H56N8O5/c1-28(2)39(48-34-20-24-58-25-21-34)43(54)52-22-6-8-37(52)41-46-26-35(49-41)32-16-12-30(13-17-32)10-11-31-14-18-33(19-15-31)36-27-47-42(50-36)38-9-7-23-53(38)44(55)40(29(3)4)51-45(56)57-5/h12-19,26-29,34,37-40,48H,6-9,20-25H2,1-5H3,(H,46,49)(H,47,50)(H,51,56)/t37-,38-,39-,40-/m0/s1. The second kappa shape index (κ2) is 18.4. The average molecular weight is 789 g/mol. The number of nitrogens with zero attached hydrogens (tertiary/aromatic N) is 4. The van der Waals surface area contributed by atoms with E-state index < -0.39 is 12.1 Å². The highest BCUT2D eigenvalue weighted by atomic mass is 16.5. The van der Waals surface area contributed by atoms with Gasteiger partial charge in [0.25, 0.3) is 0 Å². The van der Waals surface area contributed by atoms with Gasteiger partial charge in [-0.25, -0.2) is 14.8 Å². The van der Waals surface area contributed by atoms with E-state index in [9.17, 15) is 14.4 Å². The third kappa shape index (κ3) is 9.30. The molecule has 4 N–H and O–H groups in total. The van der Waals surface area contributed by atoms with E-state index in [0.717, 1.165) is 104 Å². The van der Waals surface area contributed by atoms with Crippen molar-refractivity contribution in [3.05, 3.63) is 83.7 Å². The smallest absolute Gasteiger partial charge is 0.407 e. The molecule has 306 valence electrons. The molecule has 0 spiro atoms. The monoisotopic (exact) mass is 788 g/mol. The summed E-state index contributed by atoms with van der Waals surface area (Å²) in [6.07, 6.45) is 8.38. The molecule has 58 heavy (non-hydrogen) atoms. The molecule has 4 atom stereocenters. The van der Waals surface area contributed by atoms with Gasteiger partial charge in [0, 0.05) is 43.5 Å². The SMILES string of the molecule is COC(=O)N[C@H](C(=O)N1CCC[C@H]1c1ncc(-c2ccc(C#Cc3ccc(-c4cnc([C@@H]5CCCN5C(=O)[C@@H](NC5CCOCC5)C(C)C)[nH]4)cc3)cc2)[nH]1)C(C)C. The summed E-state index contributed by atoms with van der Waals surface area (Å²) in [7, 11) is 1.29. The van der Waals surface area contributed by atoms with E-state index in [0.29, 0.717) is 12.6 Å². The summed E-state index contributed by atoms with van der Waals surface area (Å²) in [6, 6.07) is 15.2. The summed E-state index contributed by atoms with van der Waals surface area (Å²) >= 11 is 0. The van der Waals surface area contributed by atoms with Gasteiger partial charge in [-0.3, -0.25) is 9.59 Å². The first-order valence-corrected chi connectivity index (χ1v) is 20.7. The van der Waals surface area contributed by atoms with Crippen LogP contribution in [-0.2, 0) is 19.1 Å². The predicted molar refractivity (Wildman–Crippen MR) is 221 cm³/mol. The lowest BCUT2D eigenvalue weighted by Crippen LogP contribution is -2.53. The first-order chi connectivity index (χ1) is 28.1. The van der Waals surface area contributed by atoms with Gasteiger partial charge >= 0.3 is 6.09 Å². The van der Waals surface area contributed by atoms with Crippen LogP contribution in [0.3, 0.4) is 0 Å². The molecule has 0 saturated carbocycles. The van der Waals surface area contributed by atoms with Crippen molar-refractivity contribution < 1.29 is 23.9 Å². The van der Waals surface area contributed by atoms with Gasteiger partial charge < -0.3 is 39.9 Å². The Kier molecular flexibility index (Phi) is 12.9. The fourth-order valence-corrected chi connectivity index (χ4v) is 8.27. The number of methoxy groups -OCH3 is 1. The van der Waals surface area contributed by atoms with Crippen molar-refractivity contribution in [2.24, 2.45) is 11.8 Å². The van der Waals surface area contributed by atoms with E-state index in [1.54, 1.807) is 6.20 Å². The van der Waals surface area contributed by atoms with E-state index in [-0.39, 0.29) is 41.8 Å². The van der Waals surface area contributed by atoms with E-state index >= 15 is 0 Å². The Hall–Kier alpha value is -5.45. The number of aromatic nitrogens is 4. The number of amides is 3. The zero-order valence-electron chi connectivity index (χ0n) is 34.2. The maximum absolute atomic E-state index is 13.9. The number of nitrogens with one attached hydrogen (secondary N) is 4. The Bertz CT molecular complexity index is 2090. The molecule has 7 rings (SSSR count).